The van der Waals surface area contributed by atoms with Crippen LogP contribution in [0.1, 0.15) is 17.3 Å². The first-order chi connectivity index (χ1) is 13.9. The number of H-pyrrole nitrogens is 2. The van der Waals surface area contributed by atoms with E-state index in [0.717, 1.165) is 0 Å². The SMILES string of the molecule is CNC(=O)c1ccc(/N=N/C(C(C)=O)C(=O)Nc2ccc3[nH]c(=O)[nH]c3c2)cc1. The number of aromatic nitrogens is 2. The first-order valence-corrected chi connectivity index (χ1v) is 8.64. The minimum Gasteiger partial charge on any atom is -0.355 e. The molecule has 3 aromatic rings. The summed E-state index contributed by atoms with van der Waals surface area (Å²) in [6.07, 6.45) is 0. The van der Waals surface area contributed by atoms with E-state index in [1.807, 2.05) is 0 Å². The van der Waals surface area contributed by atoms with Crippen molar-refractivity contribution < 1.29 is 14.4 Å². The fraction of sp³-hybridized carbons (Fsp3) is 0.158. The number of amides is 2. The van der Waals surface area contributed by atoms with Crippen molar-refractivity contribution in [3.05, 3.63) is 58.5 Å². The molecule has 0 aliphatic rings. The summed E-state index contributed by atoms with van der Waals surface area (Å²) in [5.41, 5.74) is 1.99. The highest BCUT2D eigenvalue weighted by atomic mass is 16.2. The largest absolute Gasteiger partial charge is 0.355 e. The van der Waals surface area contributed by atoms with Crippen LogP contribution >= 0.6 is 0 Å². The molecule has 0 fully saturated rings. The molecule has 0 saturated carbocycles. The number of carbonyl (C=O) groups is 3. The average Bonchev–Trinajstić information content (AvgIpc) is 3.07. The molecule has 1 unspecified atom stereocenters. The van der Waals surface area contributed by atoms with Gasteiger partial charge in [0.05, 0.1) is 16.7 Å². The molecule has 0 aliphatic heterocycles. The second kappa shape index (κ2) is 8.30. The van der Waals surface area contributed by atoms with Crippen molar-refractivity contribution in [2.24, 2.45) is 10.2 Å². The second-order valence-corrected chi connectivity index (χ2v) is 6.18. The predicted octanol–water partition coefficient (Wildman–Crippen LogP) is 1.90. The minimum atomic E-state index is -1.34. The smallest absolute Gasteiger partial charge is 0.323 e. The van der Waals surface area contributed by atoms with Gasteiger partial charge in [-0.3, -0.25) is 14.4 Å². The molecule has 10 heteroatoms. The summed E-state index contributed by atoms with van der Waals surface area (Å²) in [5.74, 6) is -1.37. The molecule has 1 atom stereocenters. The van der Waals surface area contributed by atoms with Crippen molar-refractivity contribution >= 4 is 40.0 Å². The molecule has 3 rings (SSSR count). The third-order valence-electron chi connectivity index (χ3n) is 4.06. The van der Waals surface area contributed by atoms with Crippen LogP contribution in [0.4, 0.5) is 11.4 Å². The Morgan fingerprint density at radius 1 is 1.00 bits per heavy atom. The van der Waals surface area contributed by atoms with Crippen LogP contribution in [0.5, 0.6) is 0 Å². The molecule has 148 valence electrons. The van der Waals surface area contributed by atoms with E-state index in [2.05, 4.69) is 30.8 Å². The molecule has 1 heterocycles. The van der Waals surface area contributed by atoms with Crippen LogP contribution in [0.25, 0.3) is 11.0 Å². The number of azo groups is 1. The molecule has 0 bridgehead atoms. The van der Waals surface area contributed by atoms with Crippen molar-refractivity contribution in [3.8, 4) is 0 Å². The van der Waals surface area contributed by atoms with Gasteiger partial charge in [0, 0.05) is 18.3 Å². The van der Waals surface area contributed by atoms with Gasteiger partial charge in [-0.25, -0.2) is 4.79 Å². The summed E-state index contributed by atoms with van der Waals surface area (Å²) in [7, 11) is 1.53. The van der Waals surface area contributed by atoms with Crippen LogP contribution < -0.4 is 16.3 Å². The Labute approximate surface area is 164 Å². The topological polar surface area (TPSA) is 149 Å². The summed E-state index contributed by atoms with van der Waals surface area (Å²) in [6, 6.07) is 9.67. The predicted molar refractivity (Wildman–Crippen MR) is 106 cm³/mol. The monoisotopic (exact) mass is 394 g/mol. The fourth-order valence-electron chi connectivity index (χ4n) is 2.59. The van der Waals surface area contributed by atoms with Crippen LogP contribution in [0.3, 0.4) is 0 Å². The number of ketones is 1. The highest BCUT2D eigenvalue weighted by Crippen LogP contribution is 2.17. The third kappa shape index (κ3) is 4.61. The number of anilines is 1. The Morgan fingerprint density at radius 3 is 2.34 bits per heavy atom. The van der Waals surface area contributed by atoms with E-state index in [4.69, 9.17) is 0 Å². The van der Waals surface area contributed by atoms with Crippen LogP contribution in [0, 0.1) is 0 Å². The number of nitrogens with one attached hydrogen (secondary N) is 4. The van der Waals surface area contributed by atoms with Crippen molar-refractivity contribution in [3.63, 3.8) is 0 Å². The fourth-order valence-corrected chi connectivity index (χ4v) is 2.59. The summed E-state index contributed by atoms with van der Waals surface area (Å²) in [5, 5.41) is 12.9. The molecule has 2 amide bonds. The molecule has 0 saturated heterocycles. The van der Waals surface area contributed by atoms with Gasteiger partial charge in [-0.15, -0.1) is 0 Å². The quantitative estimate of drug-likeness (QED) is 0.373. The van der Waals surface area contributed by atoms with Gasteiger partial charge >= 0.3 is 5.69 Å². The van der Waals surface area contributed by atoms with Gasteiger partial charge in [-0.05, 0) is 49.4 Å². The summed E-state index contributed by atoms with van der Waals surface area (Å²) >= 11 is 0. The standard InChI is InChI=1S/C19H18N6O4/c1-10(26)16(25-24-12-5-3-11(4-6-12)17(27)20-2)18(28)21-13-7-8-14-15(9-13)23-19(29)22-14/h3-9,16H,1-2H3,(H,20,27)(H,21,28)(H2,22,23,29)/b25-24+. The number of hydrogen-bond donors (Lipinski definition) is 4. The maximum absolute atomic E-state index is 12.5. The second-order valence-electron chi connectivity index (χ2n) is 6.18. The number of benzene rings is 2. The van der Waals surface area contributed by atoms with Crippen molar-refractivity contribution in [1.29, 1.82) is 0 Å². The molecular formula is C19H18N6O4. The average molecular weight is 394 g/mol. The zero-order chi connectivity index (χ0) is 21.0. The van der Waals surface area contributed by atoms with E-state index in [1.165, 1.54) is 14.0 Å². The van der Waals surface area contributed by atoms with E-state index >= 15 is 0 Å². The number of Topliss-reactive ketones (excluding diaryl/α,β-unsaturated/α-hetero) is 1. The van der Waals surface area contributed by atoms with Gasteiger partial charge in [-0.2, -0.15) is 10.2 Å². The third-order valence-corrected chi connectivity index (χ3v) is 4.06. The maximum atomic E-state index is 12.5. The number of fused-ring (bicyclic) bond motifs is 1. The highest BCUT2D eigenvalue weighted by Gasteiger charge is 2.23. The van der Waals surface area contributed by atoms with E-state index in [1.54, 1.807) is 42.5 Å². The van der Waals surface area contributed by atoms with Crippen molar-refractivity contribution in [2.45, 2.75) is 13.0 Å². The molecular weight excluding hydrogens is 376 g/mol. The van der Waals surface area contributed by atoms with Gasteiger partial charge in [0.25, 0.3) is 11.8 Å². The van der Waals surface area contributed by atoms with Crippen molar-refractivity contribution in [1.82, 2.24) is 15.3 Å². The van der Waals surface area contributed by atoms with Crippen molar-refractivity contribution in [2.75, 3.05) is 12.4 Å². The summed E-state index contributed by atoms with van der Waals surface area (Å²) in [6.45, 7) is 1.24. The lowest BCUT2D eigenvalue weighted by Crippen LogP contribution is -2.31. The van der Waals surface area contributed by atoms with E-state index < -0.39 is 17.7 Å². The molecule has 10 nitrogen and oxygen atoms in total. The van der Waals surface area contributed by atoms with Gasteiger partial charge in [0.1, 0.15) is 0 Å². The van der Waals surface area contributed by atoms with Crippen LogP contribution in [-0.2, 0) is 9.59 Å². The van der Waals surface area contributed by atoms with Gasteiger partial charge in [-0.1, -0.05) is 0 Å². The Hall–Kier alpha value is -4.08. The van der Waals surface area contributed by atoms with Gasteiger partial charge in [0.2, 0.25) is 6.04 Å². The molecule has 4 N–H and O–H groups in total. The highest BCUT2D eigenvalue weighted by molar-refractivity contribution is 6.10. The first-order valence-electron chi connectivity index (χ1n) is 8.64. The number of rotatable bonds is 6. The normalized spacial score (nSPS) is 12.1. The van der Waals surface area contributed by atoms with E-state index in [0.29, 0.717) is 28.0 Å². The molecule has 0 aliphatic carbocycles. The zero-order valence-electron chi connectivity index (χ0n) is 15.6. The summed E-state index contributed by atoms with van der Waals surface area (Å²) in [4.78, 5) is 52.4. The lowest BCUT2D eigenvalue weighted by molar-refractivity contribution is -0.126. The Morgan fingerprint density at radius 2 is 1.69 bits per heavy atom. The molecule has 2 aromatic carbocycles. The van der Waals surface area contributed by atoms with Gasteiger partial charge < -0.3 is 20.6 Å². The first kappa shape index (κ1) is 19.7. The lowest BCUT2D eigenvalue weighted by Gasteiger charge is -2.09. The molecule has 29 heavy (non-hydrogen) atoms. The molecule has 0 spiro atoms. The minimum absolute atomic E-state index is 0.241. The number of nitrogens with zero attached hydrogens (tertiary/aromatic N) is 2. The van der Waals surface area contributed by atoms with Gasteiger partial charge in [0.15, 0.2) is 5.78 Å². The Bertz CT molecular complexity index is 1160. The number of carbonyl (C=O) groups excluding carboxylic acids is 3. The molecule has 1 aromatic heterocycles. The Kier molecular flexibility index (Phi) is 5.63. The number of aromatic amines is 2. The van der Waals surface area contributed by atoms with E-state index in [9.17, 15) is 19.2 Å². The van der Waals surface area contributed by atoms with E-state index in [-0.39, 0.29) is 11.6 Å². The van der Waals surface area contributed by atoms with Crippen LogP contribution in [-0.4, -0.2) is 40.7 Å². The molecule has 0 radical (unpaired) electrons. The van der Waals surface area contributed by atoms with Crippen LogP contribution in [0.2, 0.25) is 0 Å². The zero-order valence-corrected chi connectivity index (χ0v) is 15.6. The maximum Gasteiger partial charge on any atom is 0.323 e. The number of imidazole rings is 1. The lowest BCUT2D eigenvalue weighted by atomic mass is 10.2. The number of hydrogen-bond acceptors (Lipinski definition) is 6. The van der Waals surface area contributed by atoms with Crippen LogP contribution in [0.15, 0.2) is 57.5 Å². The Balaban J connectivity index is 1.74. The summed E-state index contributed by atoms with van der Waals surface area (Å²) < 4.78 is 0.